The molecule has 0 unspecified atom stereocenters. The maximum atomic E-state index is 13.9. The summed E-state index contributed by atoms with van der Waals surface area (Å²) in [4.78, 5) is 16.5. The SMILES string of the molecule is CC(=O)N[C@@H](Cc1cc(F)cc(Cl)c1)[C@H](O)CN[C@H]1CC2(CCC2)Oc2ncc(CC(C)(C)C)cc21. The van der Waals surface area contributed by atoms with Crippen LogP contribution in [-0.2, 0) is 17.6 Å². The molecule has 4 rings (SSSR count). The van der Waals surface area contributed by atoms with Crippen molar-refractivity contribution in [3.63, 3.8) is 0 Å². The molecule has 1 amide bonds. The molecule has 0 radical (unpaired) electrons. The molecule has 1 saturated carbocycles. The van der Waals surface area contributed by atoms with E-state index < -0.39 is 18.0 Å². The van der Waals surface area contributed by atoms with Crippen molar-refractivity contribution in [3.8, 4) is 5.88 Å². The lowest BCUT2D eigenvalue weighted by Gasteiger charge is -2.47. The summed E-state index contributed by atoms with van der Waals surface area (Å²) in [7, 11) is 0. The van der Waals surface area contributed by atoms with Crippen LogP contribution in [0.25, 0.3) is 0 Å². The second kappa shape index (κ2) is 10.6. The maximum Gasteiger partial charge on any atom is 0.218 e. The highest BCUT2D eigenvalue weighted by Crippen LogP contribution is 2.48. The summed E-state index contributed by atoms with van der Waals surface area (Å²) in [6.45, 7) is 8.26. The number of rotatable bonds is 8. The zero-order valence-electron chi connectivity index (χ0n) is 21.5. The number of halogens is 2. The van der Waals surface area contributed by atoms with Crippen molar-refractivity contribution in [2.45, 2.75) is 90.0 Å². The molecule has 36 heavy (non-hydrogen) atoms. The third-order valence-electron chi connectivity index (χ3n) is 7.00. The lowest BCUT2D eigenvalue weighted by atomic mass is 9.73. The molecule has 0 bridgehead atoms. The van der Waals surface area contributed by atoms with Crippen molar-refractivity contribution >= 4 is 17.5 Å². The van der Waals surface area contributed by atoms with Crippen LogP contribution in [0.5, 0.6) is 5.88 Å². The number of nitrogens with one attached hydrogen (secondary N) is 2. The molecular weight excluding hydrogens is 481 g/mol. The molecule has 1 aliphatic heterocycles. The van der Waals surface area contributed by atoms with Crippen molar-refractivity contribution in [3.05, 3.63) is 58.0 Å². The minimum absolute atomic E-state index is 0.0299. The first-order chi connectivity index (χ1) is 16.9. The summed E-state index contributed by atoms with van der Waals surface area (Å²) >= 11 is 6.01. The van der Waals surface area contributed by atoms with E-state index in [1.54, 1.807) is 6.07 Å². The van der Waals surface area contributed by atoms with Gasteiger partial charge in [-0.05, 0) is 72.9 Å². The zero-order chi connectivity index (χ0) is 26.1. The van der Waals surface area contributed by atoms with Crippen molar-refractivity contribution < 1.29 is 19.0 Å². The van der Waals surface area contributed by atoms with E-state index in [4.69, 9.17) is 16.3 Å². The Morgan fingerprint density at radius 1 is 1.28 bits per heavy atom. The highest BCUT2D eigenvalue weighted by Gasteiger charge is 2.46. The van der Waals surface area contributed by atoms with Gasteiger partial charge in [0, 0.05) is 42.7 Å². The molecule has 1 fully saturated rings. The van der Waals surface area contributed by atoms with Crippen LogP contribution in [-0.4, -0.2) is 40.3 Å². The average molecular weight is 518 g/mol. The normalized spacial score (nSPS) is 20.1. The van der Waals surface area contributed by atoms with Gasteiger partial charge in [-0.2, -0.15) is 0 Å². The zero-order valence-corrected chi connectivity index (χ0v) is 22.3. The van der Waals surface area contributed by atoms with Crippen molar-refractivity contribution in [2.75, 3.05) is 6.54 Å². The summed E-state index contributed by atoms with van der Waals surface area (Å²) in [6, 6.07) is 5.79. The fourth-order valence-corrected chi connectivity index (χ4v) is 5.52. The van der Waals surface area contributed by atoms with Crippen LogP contribution in [0, 0.1) is 11.2 Å². The first-order valence-electron chi connectivity index (χ1n) is 12.7. The molecule has 6 nitrogen and oxygen atoms in total. The molecule has 1 aromatic carbocycles. The third kappa shape index (κ3) is 6.75. The van der Waals surface area contributed by atoms with Gasteiger partial charge in [0.1, 0.15) is 11.4 Å². The maximum absolute atomic E-state index is 13.9. The number of nitrogens with zero attached hydrogens (tertiary/aromatic N) is 1. The van der Waals surface area contributed by atoms with E-state index in [0.717, 1.165) is 43.2 Å². The number of aromatic nitrogens is 1. The first kappa shape index (κ1) is 26.8. The predicted molar refractivity (Wildman–Crippen MR) is 139 cm³/mol. The minimum Gasteiger partial charge on any atom is -0.471 e. The Labute approximate surface area is 218 Å². The second-order valence-electron chi connectivity index (χ2n) is 11.6. The van der Waals surface area contributed by atoms with Crippen LogP contribution in [0.2, 0.25) is 5.02 Å². The van der Waals surface area contributed by atoms with E-state index in [0.29, 0.717) is 11.4 Å². The first-order valence-corrected chi connectivity index (χ1v) is 13.1. The number of carbonyl (C=O) groups excluding carboxylic acids is 1. The minimum atomic E-state index is -0.898. The largest absolute Gasteiger partial charge is 0.471 e. The number of ether oxygens (including phenoxy) is 1. The summed E-state index contributed by atoms with van der Waals surface area (Å²) < 4.78 is 20.2. The van der Waals surface area contributed by atoms with Crippen LogP contribution in [0.1, 0.15) is 76.1 Å². The average Bonchev–Trinajstić information content (AvgIpc) is 2.73. The standard InChI is InChI=1S/C28H37ClFN3O3/c1-17(34)33-23(11-18-8-20(29)12-21(30)9-18)25(35)16-31-24-14-28(6-5-7-28)36-26-22(24)10-19(15-32-26)13-27(2,3)4/h8-10,12,15,23-25,31,35H,5-7,11,13-14,16H2,1-4H3,(H,33,34)/t23-,24-,25+/m0/s1. The van der Waals surface area contributed by atoms with E-state index >= 15 is 0 Å². The number of pyridine rings is 1. The number of carbonyl (C=O) groups is 1. The molecule has 3 atom stereocenters. The highest BCUT2D eigenvalue weighted by atomic mass is 35.5. The van der Waals surface area contributed by atoms with Gasteiger partial charge in [-0.1, -0.05) is 32.4 Å². The molecule has 8 heteroatoms. The van der Waals surface area contributed by atoms with Crippen molar-refractivity contribution in [1.82, 2.24) is 15.6 Å². The lowest BCUT2D eigenvalue weighted by Crippen LogP contribution is -2.52. The molecule has 2 heterocycles. The fraction of sp³-hybridized carbons (Fsp3) is 0.571. The van der Waals surface area contributed by atoms with Gasteiger partial charge in [-0.15, -0.1) is 0 Å². The molecule has 1 aliphatic carbocycles. The van der Waals surface area contributed by atoms with Crippen LogP contribution in [0.15, 0.2) is 30.5 Å². The van der Waals surface area contributed by atoms with Crippen LogP contribution in [0.3, 0.4) is 0 Å². The Bertz CT molecular complexity index is 1080. The predicted octanol–water partition coefficient (Wildman–Crippen LogP) is 4.91. The Morgan fingerprint density at radius 2 is 2.03 bits per heavy atom. The Morgan fingerprint density at radius 3 is 2.64 bits per heavy atom. The number of hydrogen-bond donors (Lipinski definition) is 3. The van der Waals surface area contributed by atoms with Gasteiger partial charge >= 0.3 is 0 Å². The van der Waals surface area contributed by atoms with Crippen molar-refractivity contribution in [1.29, 1.82) is 0 Å². The Hall–Kier alpha value is -2.22. The molecule has 196 valence electrons. The smallest absolute Gasteiger partial charge is 0.218 e. The van der Waals surface area contributed by atoms with Gasteiger partial charge in [0.2, 0.25) is 11.8 Å². The molecule has 1 aromatic heterocycles. The Balaban J connectivity index is 1.51. The second-order valence-corrected chi connectivity index (χ2v) is 12.1. The van der Waals surface area contributed by atoms with E-state index in [2.05, 4.69) is 42.5 Å². The number of amides is 1. The molecular formula is C28H37ClFN3O3. The van der Waals surface area contributed by atoms with E-state index in [1.807, 2.05) is 6.20 Å². The monoisotopic (exact) mass is 517 g/mol. The highest BCUT2D eigenvalue weighted by molar-refractivity contribution is 6.30. The molecule has 1 spiro atoms. The van der Waals surface area contributed by atoms with Crippen LogP contribution in [0.4, 0.5) is 4.39 Å². The van der Waals surface area contributed by atoms with Crippen molar-refractivity contribution in [2.24, 2.45) is 5.41 Å². The van der Waals surface area contributed by atoms with E-state index in [-0.39, 0.29) is 41.0 Å². The number of aliphatic hydroxyl groups is 1. The quantitative estimate of drug-likeness (QED) is 0.463. The van der Waals surface area contributed by atoms with Gasteiger partial charge < -0.3 is 20.5 Å². The summed E-state index contributed by atoms with van der Waals surface area (Å²) in [5.74, 6) is -0.0457. The van der Waals surface area contributed by atoms with E-state index in [9.17, 15) is 14.3 Å². The van der Waals surface area contributed by atoms with Gasteiger partial charge in [-0.25, -0.2) is 9.37 Å². The molecule has 3 N–H and O–H groups in total. The summed E-state index contributed by atoms with van der Waals surface area (Å²) in [6.07, 6.45) is 6.09. The lowest BCUT2D eigenvalue weighted by molar-refractivity contribution is -0.120. The van der Waals surface area contributed by atoms with Gasteiger partial charge in [0.25, 0.3) is 0 Å². The number of aliphatic hydroxyl groups excluding tert-OH is 1. The van der Waals surface area contributed by atoms with E-state index in [1.165, 1.54) is 19.1 Å². The Kier molecular flexibility index (Phi) is 7.93. The van der Waals surface area contributed by atoms with Gasteiger partial charge in [-0.3, -0.25) is 4.79 Å². The molecule has 2 aromatic rings. The number of fused-ring (bicyclic) bond motifs is 1. The number of benzene rings is 1. The van der Waals surface area contributed by atoms with Gasteiger partial charge in [0.15, 0.2) is 0 Å². The molecule has 0 saturated heterocycles. The number of hydrogen-bond acceptors (Lipinski definition) is 5. The topological polar surface area (TPSA) is 83.5 Å². The third-order valence-corrected chi connectivity index (χ3v) is 7.22. The summed E-state index contributed by atoms with van der Waals surface area (Å²) in [5, 5.41) is 17.7. The van der Waals surface area contributed by atoms with Crippen LogP contribution >= 0.6 is 11.6 Å². The summed E-state index contributed by atoms with van der Waals surface area (Å²) in [5.41, 5.74) is 2.70. The van der Waals surface area contributed by atoms with Crippen LogP contribution < -0.4 is 15.4 Å². The van der Waals surface area contributed by atoms with Gasteiger partial charge in [0.05, 0.1) is 12.1 Å². The fourth-order valence-electron chi connectivity index (χ4n) is 5.28. The molecule has 2 aliphatic rings.